The van der Waals surface area contributed by atoms with Crippen LogP contribution in [0.15, 0.2) is 47.1 Å². The summed E-state index contributed by atoms with van der Waals surface area (Å²) in [6.45, 7) is 3.02. The molecule has 2 heterocycles. The van der Waals surface area contributed by atoms with Gasteiger partial charge in [-0.25, -0.2) is 4.39 Å². The number of halogens is 1. The number of rotatable bonds is 4. The van der Waals surface area contributed by atoms with Gasteiger partial charge < -0.3 is 14.4 Å². The molecule has 1 unspecified atom stereocenters. The van der Waals surface area contributed by atoms with Gasteiger partial charge in [0.05, 0.1) is 12.4 Å². The second-order valence-corrected chi connectivity index (χ2v) is 5.64. The van der Waals surface area contributed by atoms with Gasteiger partial charge in [-0.1, -0.05) is 12.1 Å². The van der Waals surface area contributed by atoms with Crippen molar-refractivity contribution in [3.05, 3.63) is 59.8 Å². The van der Waals surface area contributed by atoms with Crippen LogP contribution in [0.1, 0.15) is 22.2 Å². The molecule has 0 spiro atoms. The van der Waals surface area contributed by atoms with Gasteiger partial charge in [0.15, 0.2) is 5.76 Å². The Bertz CT molecular complexity index is 634. The summed E-state index contributed by atoms with van der Waals surface area (Å²) in [5.74, 6) is -0.0652. The summed E-state index contributed by atoms with van der Waals surface area (Å²) in [7, 11) is 0. The molecular formula is C17H19FN2O3. The highest BCUT2D eigenvalue weighted by Crippen LogP contribution is 2.16. The fourth-order valence-corrected chi connectivity index (χ4v) is 2.72. The maximum atomic E-state index is 12.9. The van der Waals surface area contributed by atoms with Gasteiger partial charge in [-0.05, 0) is 29.8 Å². The molecular weight excluding hydrogens is 299 g/mol. The summed E-state index contributed by atoms with van der Waals surface area (Å²) >= 11 is 0. The fraction of sp³-hybridized carbons (Fsp3) is 0.353. The fourth-order valence-electron chi connectivity index (χ4n) is 2.72. The van der Waals surface area contributed by atoms with Crippen LogP contribution < -0.4 is 0 Å². The van der Waals surface area contributed by atoms with Gasteiger partial charge in [0.2, 0.25) is 0 Å². The predicted molar refractivity (Wildman–Crippen MR) is 82.4 cm³/mol. The number of aliphatic hydroxyl groups excluding tert-OH is 1. The van der Waals surface area contributed by atoms with E-state index in [1.165, 1.54) is 18.4 Å². The number of hydrogen-bond acceptors (Lipinski definition) is 4. The summed E-state index contributed by atoms with van der Waals surface area (Å²) < 4.78 is 18.0. The minimum atomic E-state index is -0.664. The molecule has 6 heteroatoms. The quantitative estimate of drug-likeness (QED) is 0.935. The van der Waals surface area contributed by atoms with Crippen LogP contribution in [0, 0.1) is 5.82 Å². The molecule has 1 aliphatic rings. The first-order valence-electron chi connectivity index (χ1n) is 7.62. The van der Waals surface area contributed by atoms with E-state index in [0.29, 0.717) is 44.0 Å². The van der Waals surface area contributed by atoms with Crippen LogP contribution in [0.3, 0.4) is 0 Å². The van der Waals surface area contributed by atoms with Crippen LogP contribution in [0.25, 0.3) is 0 Å². The van der Waals surface area contributed by atoms with Crippen molar-refractivity contribution in [3.63, 3.8) is 0 Å². The lowest BCUT2D eigenvalue weighted by Crippen LogP contribution is -2.49. The molecule has 3 rings (SSSR count). The SMILES string of the molecule is O=C(c1ccco1)N1CCN(CC(O)c2ccc(F)cc2)CC1. The Balaban J connectivity index is 1.51. The highest BCUT2D eigenvalue weighted by Gasteiger charge is 2.24. The molecule has 1 amide bonds. The number of amides is 1. The third-order valence-electron chi connectivity index (χ3n) is 4.08. The van der Waals surface area contributed by atoms with E-state index in [2.05, 4.69) is 4.90 Å². The third kappa shape index (κ3) is 3.78. The van der Waals surface area contributed by atoms with E-state index >= 15 is 0 Å². The molecule has 5 nitrogen and oxygen atoms in total. The van der Waals surface area contributed by atoms with E-state index in [1.54, 1.807) is 29.2 Å². The first kappa shape index (κ1) is 15.7. The molecule has 1 saturated heterocycles. The molecule has 1 N–H and O–H groups in total. The van der Waals surface area contributed by atoms with E-state index in [1.807, 2.05) is 0 Å². The van der Waals surface area contributed by atoms with Gasteiger partial charge in [-0.15, -0.1) is 0 Å². The second kappa shape index (κ2) is 6.93. The molecule has 1 atom stereocenters. The Morgan fingerprint density at radius 1 is 1.17 bits per heavy atom. The lowest BCUT2D eigenvalue weighted by atomic mass is 10.1. The number of nitrogens with zero attached hydrogens (tertiary/aromatic N) is 2. The van der Waals surface area contributed by atoms with Crippen LogP contribution in [0.5, 0.6) is 0 Å². The zero-order valence-electron chi connectivity index (χ0n) is 12.7. The van der Waals surface area contributed by atoms with E-state index in [-0.39, 0.29) is 11.7 Å². The highest BCUT2D eigenvalue weighted by atomic mass is 19.1. The summed E-state index contributed by atoms with van der Waals surface area (Å²) in [4.78, 5) is 16.0. The molecule has 122 valence electrons. The molecule has 1 aromatic carbocycles. The van der Waals surface area contributed by atoms with Crippen molar-refractivity contribution >= 4 is 5.91 Å². The smallest absolute Gasteiger partial charge is 0.289 e. The molecule has 0 radical (unpaired) electrons. The number of hydrogen-bond donors (Lipinski definition) is 1. The van der Waals surface area contributed by atoms with Crippen LogP contribution in [0.4, 0.5) is 4.39 Å². The van der Waals surface area contributed by atoms with Crippen molar-refractivity contribution in [2.75, 3.05) is 32.7 Å². The van der Waals surface area contributed by atoms with Gasteiger partial charge in [-0.3, -0.25) is 9.69 Å². The minimum Gasteiger partial charge on any atom is -0.459 e. The van der Waals surface area contributed by atoms with Gasteiger partial charge >= 0.3 is 0 Å². The maximum absolute atomic E-state index is 12.9. The van der Waals surface area contributed by atoms with Crippen molar-refractivity contribution in [1.29, 1.82) is 0 Å². The zero-order valence-corrected chi connectivity index (χ0v) is 12.7. The Morgan fingerprint density at radius 2 is 1.87 bits per heavy atom. The van der Waals surface area contributed by atoms with E-state index in [4.69, 9.17) is 4.42 Å². The average Bonchev–Trinajstić information content (AvgIpc) is 3.10. The Morgan fingerprint density at radius 3 is 2.48 bits per heavy atom. The zero-order chi connectivity index (χ0) is 16.2. The molecule has 1 aromatic heterocycles. The molecule has 23 heavy (non-hydrogen) atoms. The van der Waals surface area contributed by atoms with Crippen molar-refractivity contribution in [2.24, 2.45) is 0 Å². The van der Waals surface area contributed by atoms with Crippen molar-refractivity contribution < 1.29 is 18.7 Å². The molecule has 1 fully saturated rings. The maximum Gasteiger partial charge on any atom is 0.289 e. The second-order valence-electron chi connectivity index (χ2n) is 5.64. The van der Waals surface area contributed by atoms with E-state index in [9.17, 15) is 14.3 Å². The number of carbonyl (C=O) groups is 1. The highest BCUT2D eigenvalue weighted by molar-refractivity contribution is 5.91. The summed E-state index contributed by atoms with van der Waals surface area (Å²) in [6.07, 6.45) is 0.825. The Kier molecular flexibility index (Phi) is 4.73. The first-order valence-corrected chi connectivity index (χ1v) is 7.62. The monoisotopic (exact) mass is 318 g/mol. The summed E-state index contributed by atoms with van der Waals surface area (Å²) in [5, 5.41) is 10.2. The van der Waals surface area contributed by atoms with Crippen LogP contribution >= 0.6 is 0 Å². The van der Waals surface area contributed by atoms with Gasteiger partial charge in [-0.2, -0.15) is 0 Å². The lowest BCUT2D eigenvalue weighted by molar-refractivity contribution is 0.0503. The van der Waals surface area contributed by atoms with Crippen molar-refractivity contribution in [3.8, 4) is 0 Å². The molecule has 0 bridgehead atoms. The van der Waals surface area contributed by atoms with Crippen molar-refractivity contribution in [1.82, 2.24) is 9.80 Å². The third-order valence-corrected chi connectivity index (χ3v) is 4.08. The number of furan rings is 1. The Hall–Kier alpha value is -2.18. The number of aliphatic hydroxyl groups is 1. The number of benzene rings is 1. The van der Waals surface area contributed by atoms with Gasteiger partial charge in [0.1, 0.15) is 5.82 Å². The standard InChI is InChI=1S/C17H19FN2O3/c18-14-5-3-13(4-6-14)15(21)12-19-7-9-20(10-8-19)17(22)16-2-1-11-23-16/h1-6,11,15,21H,7-10,12H2. The number of β-amino-alcohol motifs (C(OH)–C–C–N with tert-alkyl or cyclic N) is 1. The normalized spacial score (nSPS) is 17.2. The van der Waals surface area contributed by atoms with Gasteiger partial charge in [0, 0.05) is 32.7 Å². The number of piperazine rings is 1. The largest absolute Gasteiger partial charge is 0.459 e. The molecule has 1 aliphatic heterocycles. The lowest BCUT2D eigenvalue weighted by Gasteiger charge is -2.35. The molecule has 0 saturated carbocycles. The number of carbonyl (C=O) groups excluding carboxylic acids is 1. The van der Waals surface area contributed by atoms with Crippen LogP contribution in [0.2, 0.25) is 0 Å². The summed E-state index contributed by atoms with van der Waals surface area (Å²) in [6, 6.07) is 9.24. The van der Waals surface area contributed by atoms with Crippen LogP contribution in [-0.2, 0) is 0 Å². The topological polar surface area (TPSA) is 56.9 Å². The van der Waals surface area contributed by atoms with Crippen LogP contribution in [-0.4, -0.2) is 53.5 Å². The molecule has 2 aromatic rings. The van der Waals surface area contributed by atoms with E-state index in [0.717, 1.165) is 0 Å². The summed E-state index contributed by atoms with van der Waals surface area (Å²) in [5.41, 5.74) is 0.695. The van der Waals surface area contributed by atoms with Crippen molar-refractivity contribution in [2.45, 2.75) is 6.10 Å². The average molecular weight is 318 g/mol. The predicted octanol–water partition coefficient (Wildman–Crippen LogP) is 1.91. The van der Waals surface area contributed by atoms with Gasteiger partial charge in [0.25, 0.3) is 5.91 Å². The first-order chi connectivity index (χ1) is 11.1. The minimum absolute atomic E-state index is 0.103. The Labute approximate surface area is 133 Å². The molecule has 0 aliphatic carbocycles. The van der Waals surface area contributed by atoms with E-state index < -0.39 is 6.10 Å².